The van der Waals surface area contributed by atoms with Crippen LogP contribution in [-0.4, -0.2) is 15.5 Å². The molecule has 6 heteroatoms. The lowest BCUT2D eigenvalue weighted by Crippen LogP contribution is -2.26. The zero-order valence-electron chi connectivity index (χ0n) is 15.0. The van der Waals surface area contributed by atoms with Gasteiger partial charge in [0.15, 0.2) is 5.76 Å². The van der Waals surface area contributed by atoms with Crippen LogP contribution in [0.4, 0.5) is 0 Å². The summed E-state index contributed by atoms with van der Waals surface area (Å²) in [6.07, 6.45) is 0. The second-order valence-electron chi connectivity index (χ2n) is 6.24. The van der Waals surface area contributed by atoms with E-state index in [1.807, 2.05) is 31.2 Å². The van der Waals surface area contributed by atoms with Gasteiger partial charge in [0.1, 0.15) is 17.2 Å². The van der Waals surface area contributed by atoms with Gasteiger partial charge in [0.05, 0.1) is 5.56 Å². The van der Waals surface area contributed by atoms with E-state index < -0.39 is 17.2 Å². The van der Waals surface area contributed by atoms with Crippen LogP contribution in [0.3, 0.4) is 0 Å². The first-order valence-corrected chi connectivity index (χ1v) is 8.22. The summed E-state index contributed by atoms with van der Waals surface area (Å²) >= 11 is 0. The van der Waals surface area contributed by atoms with Gasteiger partial charge in [-0.15, -0.1) is 0 Å². The molecule has 1 N–H and O–H groups in total. The number of fused-ring (bicyclic) bond motifs is 1. The summed E-state index contributed by atoms with van der Waals surface area (Å²) < 4.78 is 6.77. The van der Waals surface area contributed by atoms with Gasteiger partial charge < -0.3 is 9.52 Å². The predicted molar refractivity (Wildman–Crippen MR) is 96.6 cm³/mol. The predicted octanol–water partition coefficient (Wildman–Crippen LogP) is 3.35. The normalized spacial score (nSPS) is 10.9. The number of ketones is 1. The number of aromatic hydroxyl groups is 1. The number of furan rings is 1. The molecule has 0 aliphatic carbocycles. The van der Waals surface area contributed by atoms with Crippen molar-refractivity contribution >= 4 is 16.8 Å². The molecule has 26 heavy (non-hydrogen) atoms. The number of hydrogen-bond donors (Lipinski definition) is 1. The molecule has 0 amide bonds. The van der Waals surface area contributed by atoms with E-state index in [1.165, 1.54) is 6.92 Å². The number of carbonyl (C=O) groups excluding carboxylic acids is 1. The summed E-state index contributed by atoms with van der Waals surface area (Å²) in [7, 11) is 0. The molecule has 0 aliphatic heterocycles. The third kappa shape index (κ3) is 2.40. The van der Waals surface area contributed by atoms with Crippen molar-refractivity contribution in [2.75, 3.05) is 0 Å². The molecule has 0 unspecified atom stereocenters. The molecule has 3 rings (SSSR count). The topological polar surface area (TPSA) is 96.2 Å². The minimum atomic E-state index is -0.612. The Morgan fingerprint density at radius 3 is 2.58 bits per heavy atom. The molecule has 0 bridgehead atoms. The standard InChI is InChI=1S/C20H18N2O4/c1-5-22-19(24)14(9-21)11(3)16(20(22)25)17(23)18-12(4)13-7-6-10(2)8-15(13)26-18/h6-8,25H,5H2,1-4H3. The van der Waals surface area contributed by atoms with E-state index in [4.69, 9.17) is 4.42 Å². The maximum atomic E-state index is 13.1. The van der Waals surface area contributed by atoms with Crippen molar-refractivity contribution in [2.45, 2.75) is 34.2 Å². The van der Waals surface area contributed by atoms with Gasteiger partial charge in [-0.1, -0.05) is 12.1 Å². The second-order valence-corrected chi connectivity index (χ2v) is 6.24. The molecule has 0 saturated carbocycles. The van der Waals surface area contributed by atoms with Gasteiger partial charge in [-0.2, -0.15) is 5.26 Å². The summed E-state index contributed by atoms with van der Waals surface area (Å²) in [5.41, 5.74) is 1.53. The Labute approximate surface area is 149 Å². The Balaban J connectivity index is 2.31. The minimum absolute atomic E-state index is 0.0816. The summed E-state index contributed by atoms with van der Waals surface area (Å²) in [6, 6.07) is 7.47. The van der Waals surface area contributed by atoms with E-state index in [2.05, 4.69) is 0 Å². The van der Waals surface area contributed by atoms with Crippen LogP contribution < -0.4 is 5.56 Å². The third-order valence-electron chi connectivity index (χ3n) is 4.64. The lowest BCUT2D eigenvalue weighted by atomic mass is 9.98. The van der Waals surface area contributed by atoms with E-state index in [9.17, 15) is 20.0 Å². The maximum Gasteiger partial charge on any atom is 0.271 e. The van der Waals surface area contributed by atoms with Crippen LogP contribution in [0.25, 0.3) is 11.0 Å². The highest BCUT2D eigenvalue weighted by Gasteiger charge is 2.28. The molecule has 3 aromatic rings. The van der Waals surface area contributed by atoms with Gasteiger partial charge in [0.2, 0.25) is 11.7 Å². The first-order valence-electron chi connectivity index (χ1n) is 8.22. The van der Waals surface area contributed by atoms with Gasteiger partial charge in [0, 0.05) is 17.5 Å². The van der Waals surface area contributed by atoms with Crippen LogP contribution in [0.15, 0.2) is 27.4 Å². The van der Waals surface area contributed by atoms with E-state index in [0.29, 0.717) is 11.1 Å². The number of aryl methyl sites for hydroxylation is 2. The van der Waals surface area contributed by atoms with Crippen molar-refractivity contribution in [1.29, 1.82) is 5.26 Å². The van der Waals surface area contributed by atoms with Crippen LogP contribution in [0, 0.1) is 32.1 Å². The van der Waals surface area contributed by atoms with Gasteiger partial charge in [0.25, 0.3) is 5.56 Å². The zero-order chi connectivity index (χ0) is 19.2. The zero-order valence-corrected chi connectivity index (χ0v) is 15.0. The quantitative estimate of drug-likeness (QED) is 0.731. The summed E-state index contributed by atoms with van der Waals surface area (Å²) in [5.74, 6) is -0.908. The number of rotatable bonds is 3. The molecule has 2 heterocycles. The lowest BCUT2D eigenvalue weighted by Gasteiger charge is -2.13. The molecule has 6 nitrogen and oxygen atoms in total. The SMILES string of the molecule is CCn1c(O)c(C(=O)c2oc3cc(C)ccc3c2C)c(C)c(C#N)c1=O. The Kier molecular flexibility index (Phi) is 4.17. The average Bonchev–Trinajstić information content (AvgIpc) is 2.91. The van der Waals surface area contributed by atoms with Gasteiger partial charge in [-0.05, 0) is 44.9 Å². The van der Waals surface area contributed by atoms with E-state index >= 15 is 0 Å². The number of benzene rings is 1. The molecule has 0 spiro atoms. The fraction of sp³-hybridized carbons (Fsp3) is 0.250. The van der Waals surface area contributed by atoms with Gasteiger partial charge in [-0.3, -0.25) is 14.2 Å². The minimum Gasteiger partial charge on any atom is -0.494 e. The number of nitriles is 1. The molecule has 0 fully saturated rings. The smallest absolute Gasteiger partial charge is 0.271 e. The van der Waals surface area contributed by atoms with Crippen molar-refractivity contribution in [3.63, 3.8) is 0 Å². The summed E-state index contributed by atoms with van der Waals surface area (Å²) in [6.45, 7) is 6.96. The Hall–Kier alpha value is -3.33. The molecule has 1 aromatic carbocycles. The largest absolute Gasteiger partial charge is 0.494 e. The highest BCUT2D eigenvalue weighted by molar-refractivity contribution is 6.12. The van der Waals surface area contributed by atoms with Crippen LogP contribution in [0.2, 0.25) is 0 Å². The van der Waals surface area contributed by atoms with Crippen molar-refractivity contribution in [3.8, 4) is 11.9 Å². The first-order chi connectivity index (χ1) is 12.3. The number of carbonyl (C=O) groups is 1. The van der Waals surface area contributed by atoms with Crippen molar-refractivity contribution in [1.82, 2.24) is 4.57 Å². The fourth-order valence-corrected chi connectivity index (χ4v) is 3.18. The molecular weight excluding hydrogens is 332 g/mol. The summed E-state index contributed by atoms with van der Waals surface area (Å²) in [5, 5.41) is 20.6. The fourth-order valence-electron chi connectivity index (χ4n) is 3.18. The highest BCUT2D eigenvalue weighted by Crippen LogP contribution is 2.31. The van der Waals surface area contributed by atoms with Gasteiger partial charge >= 0.3 is 0 Å². The molecule has 0 radical (unpaired) electrons. The Morgan fingerprint density at radius 1 is 1.27 bits per heavy atom. The Morgan fingerprint density at radius 2 is 1.96 bits per heavy atom. The van der Waals surface area contributed by atoms with Crippen LogP contribution in [0.5, 0.6) is 5.88 Å². The second kappa shape index (κ2) is 6.19. The van der Waals surface area contributed by atoms with E-state index in [1.54, 1.807) is 13.8 Å². The molecular formula is C20H18N2O4. The third-order valence-corrected chi connectivity index (χ3v) is 4.64. The molecule has 0 saturated heterocycles. The molecule has 0 aliphatic rings. The van der Waals surface area contributed by atoms with Crippen LogP contribution in [0.1, 0.15) is 45.3 Å². The monoisotopic (exact) mass is 350 g/mol. The molecule has 2 aromatic heterocycles. The number of nitrogens with zero attached hydrogens (tertiary/aromatic N) is 2. The number of aromatic nitrogens is 1. The van der Waals surface area contributed by atoms with E-state index in [0.717, 1.165) is 15.5 Å². The molecule has 132 valence electrons. The number of hydrogen-bond acceptors (Lipinski definition) is 5. The Bertz CT molecular complexity index is 1160. The lowest BCUT2D eigenvalue weighted by molar-refractivity contribution is 0.101. The van der Waals surface area contributed by atoms with Crippen molar-refractivity contribution in [3.05, 3.63) is 62.1 Å². The van der Waals surface area contributed by atoms with Crippen LogP contribution in [-0.2, 0) is 6.54 Å². The highest BCUT2D eigenvalue weighted by atomic mass is 16.3. The summed E-state index contributed by atoms with van der Waals surface area (Å²) in [4.78, 5) is 25.4. The average molecular weight is 350 g/mol. The van der Waals surface area contributed by atoms with E-state index in [-0.39, 0.29) is 29.0 Å². The van der Waals surface area contributed by atoms with Crippen molar-refractivity contribution < 1.29 is 14.3 Å². The van der Waals surface area contributed by atoms with Crippen LogP contribution >= 0.6 is 0 Å². The number of pyridine rings is 1. The van der Waals surface area contributed by atoms with Crippen molar-refractivity contribution in [2.24, 2.45) is 0 Å². The van der Waals surface area contributed by atoms with Gasteiger partial charge in [-0.25, -0.2) is 0 Å². The molecule has 0 atom stereocenters. The maximum absolute atomic E-state index is 13.1. The first kappa shape index (κ1) is 17.5.